The van der Waals surface area contributed by atoms with Crippen molar-refractivity contribution >= 4 is 40.5 Å². The van der Waals surface area contributed by atoms with Crippen LogP contribution in [0.4, 0.5) is 5.69 Å². The Bertz CT molecular complexity index is 602. The third-order valence-corrected chi connectivity index (χ3v) is 3.80. The van der Waals surface area contributed by atoms with Gasteiger partial charge in [0.25, 0.3) is 0 Å². The minimum Gasteiger partial charge on any atom is -0.397 e. The molecule has 0 aliphatic carbocycles. The van der Waals surface area contributed by atoms with Crippen LogP contribution in [0.3, 0.4) is 0 Å². The van der Waals surface area contributed by atoms with Gasteiger partial charge in [-0.25, -0.2) is 0 Å². The van der Waals surface area contributed by atoms with Gasteiger partial charge in [-0.1, -0.05) is 34.8 Å². The van der Waals surface area contributed by atoms with Gasteiger partial charge in [-0.3, -0.25) is 4.98 Å². The van der Waals surface area contributed by atoms with Crippen LogP contribution >= 0.6 is 34.8 Å². The molecule has 3 N–H and O–H groups in total. The number of nitrogen functional groups attached to an aromatic ring is 1. The van der Waals surface area contributed by atoms with Crippen molar-refractivity contribution in [1.82, 2.24) is 4.98 Å². The number of aliphatic hydroxyl groups is 1. The van der Waals surface area contributed by atoms with E-state index in [1.54, 1.807) is 18.2 Å². The Kier molecular flexibility index (Phi) is 3.97. The van der Waals surface area contributed by atoms with E-state index in [1.807, 2.05) is 0 Å². The molecule has 18 heavy (non-hydrogen) atoms. The number of aliphatic hydroxyl groups excluding tert-OH is 1. The number of hydrogen-bond donors (Lipinski definition) is 2. The summed E-state index contributed by atoms with van der Waals surface area (Å²) in [6, 6.07) is 5.03. The molecule has 94 valence electrons. The van der Waals surface area contributed by atoms with Crippen molar-refractivity contribution in [3.05, 3.63) is 45.0 Å². The van der Waals surface area contributed by atoms with Crippen molar-refractivity contribution in [1.29, 1.82) is 0 Å². The van der Waals surface area contributed by atoms with Crippen LogP contribution in [0.25, 0.3) is 11.3 Å². The molecule has 0 amide bonds. The van der Waals surface area contributed by atoms with Crippen molar-refractivity contribution in [2.75, 3.05) is 5.73 Å². The Morgan fingerprint density at radius 1 is 1.17 bits per heavy atom. The molecule has 0 unspecified atom stereocenters. The van der Waals surface area contributed by atoms with Gasteiger partial charge >= 0.3 is 0 Å². The lowest BCUT2D eigenvalue weighted by Crippen LogP contribution is -1.97. The standard InChI is InChI=1S/C12H9Cl3N2O/c13-8-2-1-7(11(14)12(8)15)10-3-6(5-18)9(16)4-17-10/h1-4,18H,5,16H2. The largest absolute Gasteiger partial charge is 0.397 e. The zero-order valence-corrected chi connectivity index (χ0v) is 11.4. The Balaban J connectivity index is 2.59. The van der Waals surface area contributed by atoms with E-state index < -0.39 is 0 Å². The second-order valence-electron chi connectivity index (χ2n) is 3.65. The maximum atomic E-state index is 9.17. The van der Waals surface area contributed by atoms with Crippen molar-refractivity contribution in [3.8, 4) is 11.3 Å². The highest BCUT2D eigenvalue weighted by Gasteiger charge is 2.12. The normalized spacial score (nSPS) is 10.7. The van der Waals surface area contributed by atoms with Gasteiger partial charge in [-0.05, 0) is 18.2 Å². The second-order valence-corrected chi connectivity index (χ2v) is 4.81. The van der Waals surface area contributed by atoms with Crippen LogP contribution in [0.1, 0.15) is 5.56 Å². The third kappa shape index (κ3) is 2.40. The number of hydrogen-bond acceptors (Lipinski definition) is 3. The quantitative estimate of drug-likeness (QED) is 0.830. The molecule has 0 bridgehead atoms. The monoisotopic (exact) mass is 302 g/mol. The van der Waals surface area contributed by atoms with E-state index in [1.165, 1.54) is 6.20 Å². The smallest absolute Gasteiger partial charge is 0.0785 e. The summed E-state index contributed by atoms with van der Waals surface area (Å²) in [5.74, 6) is 0. The molecule has 0 atom stereocenters. The highest BCUT2D eigenvalue weighted by Crippen LogP contribution is 2.37. The summed E-state index contributed by atoms with van der Waals surface area (Å²) in [5.41, 5.74) is 7.90. The minimum absolute atomic E-state index is 0.166. The highest BCUT2D eigenvalue weighted by molar-refractivity contribution is 6.49. The zero-order chi connectivity index (χ0) is 13.3. The van der Waals surface area contributed by atoms with Crippen molar-refractivity contribution in [2.45, 2.75) is 6.61 Å². The number of benzene rings is 1. The molecule has 1 aromatic carbocycles. The first-order valence-electron chi connectivity index (χ1n) is 5.03. The first-order valence-corrected chi connectivity index (χ1v) is 6.17. The molecule has 0 saturated heterocycles. The Labute approximate surface area is 119 Å². The summed E-state index contributed by atoms with van der Waals surface area (Å²) in [6.07, 6.45) is 1.47. The van der Waals surface area contributed by atoms with Crippen molar-refractivity contribution in [2.24, 2.45) is 0 Å². The molecule has 0 aliphatic heterocycles. The molecule has 3 nitrogen and oxygen atoms in total. The molecule has 0 radical (unpaired) electrons. The van der Waals surface area contributed by atoms with E-state index in [0.29, 0.717) is 32.6 Å². The number of halogens is 3. The van der Waals surface area contributed by atoms with Gasteiger partial charge in [-0.2, -0.15) is 0 Å². The van der Waals surface area contributed by atoms with Crippen LogP contribution in [0.2, 0.25) is 15.1 Å². The predicted molar refractivity (Wildman–Crippen MR) is 75.0 cm³/mol. The molecule has 0 aliphatic rings. The number of pyridine rings is 1. The van der Waals surface area contributed by atoms with Crippen LogP contribution < -0.4 is 5.73 Å². The van der Waals surface area contributed by atoms with Gasteiger partial charge < -0.3 is 10.8 Å². The van der Waals surface area contributed by atoms with Crippen LogP contribution in [0.5, 0.6) is 0 Å². The van der Waals surface area contributed by atoms with Crippen molar-refractivity contribution in [3.63, 3.8) is 0 Å². The van der Waals surface area contributed by atoms with Gasteiger partial charge in [0, 0.05) is 11.1 Å². The second kappa shape index (κ2) is 5.33. The van der Waals surface area contributed by atoms with Crippen molar-refractivity contribution < 1.29 is 5.11 Å². The van der Waals surface area contributed by atoms with E-state index in [9.17, 15) is 0 Å². The first-order chi connectivity index (χ1) is 8.54. The summed E-state index contributed by atoms with van der Waals surface area (Å²) < 4.78 is 0. The molecule has 1 heterocycles. The van der Waals surface area contributed by atoms with Crippen LogP contribution in [0.15, 0.2) is 24.4 Å². The summed E-state index contributed by atoms with van der Waals surface area (Å²) >= 11 is 18.0. The average Bonchev–Trinajstić information content (AvgIpc) is 2.37. The van der Waals surface area contributed by atoms with E-state index >= 15 is 0 Å². The summed E-state index contributed by atoms with van der Waals surface area (Å²) in [6.45, 7) is -0.166. The zero-order valence-electron chi connectivity index (χ0n) is 9.12. The number of aromatic nitrogens is 1. The highest BCUT2D eigenvalue weighted by atomic mass is 35.5. The predicted octanol–water partition coefficient (Wildman–Crippen LogP) is 3.78. The molecular weight excluding hydrogens is 295 g/mol. The van der Waals surface area contributed by atoms with Gasteiger partial charge in [0.2, 0.25) is 0 Å². The first kappa shape index (κ1) is 13.4. The fourth-order valence-electron chi connectivity index (χ4n) is 1.52. The van der Waals surface area contributed by atoms with E-state index in [-0.39, 0.29) is 11.6 Å². The molecule has 6 heteroatoms. The average molecular weight is 304 g/mol. The molecule has 2 aromatic rings. The van der Waals surface area contributed by atoms with Gasteiger partial charge in [0.05, 0.1) is 39.3 Å². The molecule has 2 rings (SSSR count). The maximum absolute atomic E-state index is 9.17. The fraction of sp³-hybridized carbons (Fsp3) is 0.0833. The summed E-state index contributed by atoms with van der Waals surface area (Å²) in [7, 11) is 0. The Hall–Kier alpha value is -1.00. The SMILES string of the molecule is Nc1cnc(-c2ccc(Cl)c(Cl)c2Cl)cc1CO. The van der Waals surface area contributed by atoms with Gasteiger partial charge in [0.1, 0.15) is 0 Å². The molecule has 1 aromatic heterocycles. The van der Waals surface area contributed by atoms with Gasteiger partial charge in [-0.15, -0.1) is 0 Å². The molecule has 0 saturated carbocycles. The van der Waals surface area contributed by atoms with E-state index in [4.69, 9.17) is 45.6 Å². The van der Waals surface area contributed by atoms with E-state index in [0.717, 1.165) is 0 Å². The maximum Gasteiger partial charge on any atom is 0.0785 e. The topological polar surface area (TPSA) is 59.1 Å². The van der Waals surface area contributed by atoms with Crippen LogP contribution in [0, 0.1) is 0 Å². The number of rotatable bonds is 2. The third-order valence-electron chi connectivity index (χ3n) is 2.51. The minimum atomic E-state index is -0.166. The lowest BCUT2D eigenvalue weighted by Gasteiger charge is -2.09. The van der Waals surface area contributed by atoms with Crippen LogP contribution in [-0.4, -0.2) is 10.1 Å². The lowest BCUT2D eigenvalue weighted by atomic mass is 10.1. The Morgan fingerprint density at radius 2 is 1.89 bits per heavy atom. The van der Waals surface area contributed by atoms with Crippen LogP contribution in [-0.2, 0) is 6.61 Å². The molecular formula is C12H9Cl3N2O. The molecule has 0 fully saturated rings. The van der Waals surface area contributed by atoms with Gasteiger partial charge in [0.15, 0.2) is 0 Å². The number of nitrogens with two attached hydrogens (primary N) is 1. The fourth-order valence-corrected chi connectivity index (χ4v) is 2.15. The molecule has 0 spiro atoms. The number of anilines is 1. The summed E-state index contributed by atoms with van der Waals surface area (Å²) in [5, 5.41) is 10.2. The summed E-state index contributed by atoms with van der Waals surface area (Å²) in [4.78, 5) is 4.17. The van der Waals surface area contributed by atoms with E-state index in [2.05, 4.69) is 4.98 Å². The number of nitrogens with zero attached hydrogens (tertiary/aromatic N) is 1. The lowest BCUT2D eigenvalue weighted by molar-refractivity contribution is 0.282. The Morgan fingerprint density at radius 3 is 2.56 bits per heavy atom.